The number of hydrogen-bond donors (Lipinski definition) is 1. The molecule has 29 heavy (non-hydrogen) atoms. The van der Waals surface area contributed by atoms with Crippen LogP contribution in [0.1, 0.15) is 0 Å². The molecule has 0 aliphatic rings. The van der Waals surface area contributed by atoms with Gasteiger partial charge in [-0.05, 0) is 42.5 Å². The van der Waals surface area contributed by atoms with Crippen LogP contribution in [0, 0.1) is 0 Å². The smallest absolute Gasteiger partial charge is 0.280 e. The van der Waals surface area contributed by atoms with Gasteiger partial charge in [0.1, 0.15) is 12.3 Å². The fourth-order valence-electron chi connectivity index (χ4n) is 3.16. The Kier molecular flexibility index (Phi) is 5.05. The lowest BCUT2D eigenvalue weighted by Gasteiger charge is -2.14. The van der Waals surface area contributed by atoms with Gasteiger partial charge in [-0.1, -0.05) is 29.8 Å². The van der Waals surface area contributed by atoms with Crippen molar-refractivity contribution in [2.75, 3.05) is 12.4 Å². The third-order valence-electron chi connectivity index (χ3n) is 4.43. The van der Waals surface area contributed by atoms with Crippen LogP contribution in [-0.2, 0) is 11.3 Å². The Morgan fingerprint density at radius 2 is 1.93 bits per heavy atom. The van der Waals surface area contributed by atoms with Crippen molar-refractivity contribution in [3.63, 3.8) is 0 Å². The zero-order valence-corrected chi connectivity index (χ0v) is 16.3. The van der Waals surface area contributed by atoms with E-state index in [1.54, 1.807) is 53.3 Å². The van der Waals surface area contributed by atoms with Gasteiger partial charge >= 0.3 is 0 Å². The summed E-state index contributed by atoms with van der Waals surface area (Å²) in [4.78, 5) is 30.1. The number of pyridine rings is 1. The van der Waals surface area contributed by atoms with Crippen LogP contribution in [0.2, 0.25) is 5.02 Å². The molecule has 0 fully saturated rings. The summed E-state index contributed by atoms with van der Waals surface area (Å²) in [5, 5.41) is 3.69. The lowest BCUT2D eigenvalue weighted by Crippen LogP contribution is -2.27. The Morgan fingerprint density at radius 1 is 1.14 bits per heavy atom. The number of ether oxygens (including phenoxy) is 1. The Labute approximate surface area is 171 Å². The average Bonchev–Trinajstić information content (AvgIpc) is 3.01. The summed E-state index contributed by atoms with van der Waals surface area (Å²) in [6.07, 6.45) is 1.59. The fraction of sp³-hybridized carbons (Fsp3) is 0.0952. The number of methoxy groups -OCH3 is 1. The van der Waals surface area contributed by atoms with Crippen LogP contribution in [0.5, 0.6) is 5.75 Å². The molecule has 0 bridgehead atoms. The standard InChI is InChI=1S/C21H17ClN4O3/c1-29-18-10-9-14(22)12-17(18)24-19(27)13-25-20-16(8-5-11-23-20)21(28)26(25)15-6-3-2-4-7-15/h2-12H,13H2,1H3,(H,24,27). The number of nitrogens with one attached hydrogen (secondary N) is 1. The first-order valence-corrected chi connectivity index (χ1v) is 9.21. The fourth-order valence-corrected chi connectivity index (χ4v) is 3.34. The normalized spacial score (nSPS) is 10.8. The van der Waals surface area contributed by atoms with Gasteiger partial charge in [0, 0.05) is 11.2 Å². The number of aromatic nitrogens is 3. The first kappa shape index (κ1) is 18.8. The lowest BCUT2D eigenvalue weighted by molar-refractivity contribution is -0.117. The summed E-state index contributed by atoms with van der Waals surface area (Å²) in [5.74, 6) is 0.136. The number of halogens is 1. The minimum Gasteiger partial charge on any atom is -0.495 e. The second-order valence-electron chi connectivity index (χ2n) is 6.28. The summed E-state index contributed by atoms with van der Waals surface area (Å²) in [6.45, 7) is -0.125. The Morgan fingerprint density at radius 3 is 2.69 bits per heavy atom. The van der Waals surface area contributed by atoms with Crippen molar-refractivity contribution < 1.29 is 9.53 Å². The second-order valence-corrected chi connectivity index (χ2v) is 6.71. The number of para-hydroxylation sites is 1. The number of anilines is 1. The third kappa shape index (κ3) is 3.60. The number of rotatable bonds is 5. The molecule has 0 unspecified atom stereocenters. The molecule has 0 atom stereocenters. The maximum absolute atomic E-state index is 13.0. The van der Waals surface area contributed by atoms with E-state index in [4.69, 9.17) is 16.3 Å². The van der Waals surface area contributed by atoms with Gasteiger partial charge in [-0.2, -0.15) is 0 Å². The van der Waals surface area contributed by atoms with E-state index in [1.807, 2.05) is 18.2 Å². The maximum Gasteiger partial charge on any atom is 0.280 e. The number of benzene rings is 2. The minimum absolute atomic E-state index is 0.125. The van der Waals surface area contributed by atoms with Crippen LogP contribution in [0.25, 0.3) is 16.7 Å². The van der Waals surface area contributed by atoms with E-state index < -0.39 is 0 Å². The number of fused-ring (bicyclic) bond motifs is 1. The van der Waals surface area contributed by atoms with Crippen molar-refractivity contribution in [2.45, 2.75) is 6.54 Å². The molecule has 0 aliphatic heterocycles. The predicted octanol–water partition coefficient (Wildman–Crippen LogP) is 3.49. The van der Waals surface area contributed by atoms with E-state index in [-0.39, 0.29) is 18.0 Å². The van der Waals surface area contributed by atoms with E-state index in [9.17, 15) is 9.59 Å². The van der Waals surface area contributed by atoms with Crippen LogP contribution >= 0.6 is 11.6 Å². The molecule has 8 heteroatoms. The molecule has 0 radical (unpaired) electrons. The molecule has 0 spiro atoms. The number of carbonyl (C=O) groups excluding carboxylic acids is 1. The molecule has 2 aromatic carbocycles. The molecule has 1 amide bonds. The molecule has 4 rings (SSSR count). The predicted molar refractivity (Wildman–Crippen MR) is 112 cm³/mol. The quantitative estimate of drug-likeness (QED) is 0.548. The van der Waals surface area contributed by atoms with Crippen LogP contribution in [-0.4, -0.2) is 27.4 Å². The van der Waals surface area contributed by atoms with Crippen LogP contribution in [0.4, 0.5) is 5.69 Å². The number of carbonyl (C=O) groups is 1. The van der Waals surface area contributed by atoms with Crippen molar-refractivity contribution in [3.8, 4) is 11.4 Å². The van der Waals surface area contributed by atoms with E-state index in [1.165, 1.54) is 11.8 Å². The van der Waals surface area contributed by atoms with Crippen LogP contribution < -0.4 is 15.6 Å². The lowest BCUT2D eigenvalue weighted by atomic mass is 10.3. The topological polar surface area (TPSA) is 78.2 Å². The van der Waals surface area contributed by atoms with Crippen LogP contribution in [0.15, 0.2) is 71.7 Å². The Hall–Kier alpha value is -3.58. The van der Waals surface area contributed by atoms with Gasteiger partial charge < -0.3 is 10.1 Å². The van der Waals surface area contributed by atoms with Crippen molar-refractivity contribution in [1.29, 1.82) is 0 Å². The Bertz CT molecular complexity index is 1250. The Balaban J connectivity index is 1.76. The number of amides is 1. The molecule has 0 aliphatic carbocycles. The second kappa shape index (κ2) is 7.81. The third-order valence-corrected chi connectivity index (χ3v) is 4.66. The van der Waals surface area contributed by atoms with Gasteiger partial charge in [0.15, 0.2) is 5.65 Å². The molecule has 2 aromatic heterocycles. The summed E-state index contributed by atoms with van der Waals surface area (Å²) in [6, 6.07) is 17.5. The van der Waals surface area contributed by atoms with Gasteiger partial charge in [-0.15, -0.1) is 0 Å². The largest absolute Gasteiger partial charge is 0.495 e. The summed E-state index contributed by atoms with van der Waals surface area (Å²) < 4.78 is 8.28. The number of hydrogen-bond acceptors (Lipinski definition) is 4. The summed E-state index contributed by atoms with van der Waals surface area (Å²) in [5.41, 5.74) is 1.27. The van der Waals surface area contributed by atoms with Crippen molar-refractivity contribution >= 4 is 34.2 Å². The minimum atomic E-state index is -0.349. The van der Waals surface area contributed by atoms with Gasteiger partial charge in [-0.3, -0.25) is 14.3 Å². The molecule has 4 aromatic rings. The van der Waals surface area contributed by atoms with Gasteiger partial charge in [0.05, 0.1) is 23.9 Å². The summed E-state index contributed by atoms with van der Waals surface area (Å²) >= 11 is 6.04. The summed E-state index contributed by atoms with van der Waals surface area (Å²) in [7, 11) is 1.51. The molecule has 146 valence electrons. The first-order valence-electron chi connectivity index (χ1n) is 8.84. The van der Waals surface area contributed by atoms with Crippen molar-refractivity contribution in [3.05, 3.63) is 82.2 Å². The van der Waals surface area contributed by atoms with E-state index in [2.05, 4.69) is 10.3 Å². The molecule has 1 N–H and O–H groups in total. The van der Waals surface area contributed by atoms with E-state index in [0.29, 0.717) is 33.2 Å². The molecular weight excluding hydrogens is 392 g/mol. The molecular formula is C21H17ClN4O3. The van der Waals surface area contributed by atoms with Crippen molar-refractivity contribution in [2.24, 2.45) is 0 Å². The molecule has 7 nitrogen and oxygen atoms in total. The highest BCUT2D eigenvalue weighted by atomic mass is 35.5. The van der Waals surface area contributed by atoms with Gasteiger partial charge in [0.25, 0.3) is 5.56 Å². The van der Waals surface area contributed by atoms with Gasteiger partial charge in [-0.25, -0.2) is 9.67 Å². The first-order chi connectivity index (χ1) is 14.1. The molecule has 0 saturated heterocycles. The zero-order valence-electron chi connectivity index (χ0n) is 15.5. The molecule has 2 heterocycles. The SMILES string of the molecule is COc1ccc(Cl)cc1NC(=O)Cn1c2ncccc2c(=O)n1-c1ccccc1. The highest BCUT2D eigenvalue weighted by molar-refractivity contribution is 6.31. The zero-order chi connectivity index (χ0) is 20.4. The van der Waals surface area contributed by atoms with Gasteiger partial charge in [0.2, 0.25) is 5.91 Å². The van der Waals surface area contributed by atoms with Crippen LogP contribution in [0.3, 0.4) is 0 Å². The van der Waals surface area contributed by atoms with E-state index >= 15 is 0 Å². The van der Waals surface area contributed by atoms with E-state index in [0.717, 1.165) is 0 Å². The monoisotopic (exact) mass is 408 g/mol. The maximum atomic E-state index is 13.0. The highest BCUT2D eigenvalue weighted by Gasteiger charge is 2.18. The molecule has 0 saturated carbocycles. The average molecular weight is 409 g/mol. The highest BCUT2D eigenvalue weighted by Crippen LogP contribution is 2.27. The number of nitrogens with zero attached hydrogens (tertiary/aromatic N) is 3. The van der Waals surface area contributed by atoms with Crippen molar-refractivity contribution in [1.82, 2.24) is 14.3 Å².